The van der Waals surface area contributed by atoms with Crippen LogP contribution in [0, 0.1) is 6.92 Å². The molecule has 2 aromatic rings. The van der Waals surface area contributed by atoms with Crippen molar-refractivity contribution >= 4 is 5.69 Å². The Morgan fingerprint density at radius 1 is 1.05 bits per heavy atom. The zero-order valence-corrected chi connectivity index (χ0v) is 12.5. The predicted octanol–water partition coefficient (Wildman–Crippen LogP) is 2.50. The Balaban J connectivity index is 1.77. The second-order valence-electron chi connectivity index (χ2n) is 6.03. The molecule has 0 aromatic heterocycles. The molecule has 1 saturated heterocycles. The average Bonchev–Trinajstić information content (AvgIpc) is 2.80. The zero-order valence-electron chi connectivity index (χ0n) is 12.5. The quantitative estimate of drug-likeness (QED) is 0.850. The van der Waals surface area contributed by atoms with Crippen molar-refractivity contribution in [1.29, 1.82) is 0 Å². The highest BCUT2D eigenvalue weighted by Gasteiger charge is 2.33. The first-order valence-corrected chi connectivity index (χ1v) is 7.52. The number of anilines is 1. The van der Waals surface area contributed by atoms with Crippen LogP contribution in [0.25, 0.3) is 0 Å². The molecule has 1 fully saturated rings. The summed E-state index contributed by atoms with van der Waals surface area (Å²) in [6, 6.07) is 16.8. The summed E-state index contributed by atoms with van der Waals surface area (Å²) < 4.78 is 0. The molecule has 2 unspecified atom stereocenters. The molecule has 4 N–H and O–H groups in total. The molecule has 0 aliphatic carbocycles. The lowest BCUT2D eigenvalue weighted by Crippen LogP contribution is -2.29. The largest absolute Gasteiger partial charge is 0.398 e. The van der Waals surface area contributed by atoms with Crippen LogP contribution in [0.5, 0.6) is 0 Å². The standard InChI is InChI=1S/C18H23N3/c1-13-6-5-9-16(19)18(13)15-11-21(12-17(15)20)10-14-7-3-2-4-8-14/h2-9,15,17H,10-12,19-20H2,1H3. The van der Waals surface area contributed by atoms with Gasteiger partial charge in [-0.15, -0.1) is 0 Å². The van der Waals surface area contributed by atoms with Crippen molar-refractivity contribution in [2.45, 2.75) is 25.4 Å². The highest BCUT2D eigenvalue weighted by Crippen LogP contribution is 2.33. The van der Waals surface area contributed by atoms with E-state index >= 15 is 0 Å². The molecular weight excluding hydrogens is 258 g/mol. The van der Waals surface area contributed by atoms with E-state index in [9.17, 15) is 0 Å². The van der Waals surface area contributed by atoms with E-state index in [-0.39, 0.29) is 6.04 Å². The van der Waals surface area contributed by atoms with Crippen LogP contribution in [-0.2, 0) is 6.54 Å². The fourth-order valence-corrected chi connectivity index (χ4v) is 3.40. The summed E-state index contributed by atoms with van der Waals surface area (Å²) in [4.78, 5) is 2.43. The average molecular weight is 281 g/mol. The molecule has 1 heterocycles. The topological polar surface area (TPSA) is 55.3 Å². The van der Waals surface area contributed by atoms with Gasteiger partial charge in [0.2, 0.25) is 0 Å². The number of nitrogens with two attached hydrogens (primary N) is 2. The van der Waals surface area contributed by atoms with Crippen LogP contribution in [0.4, 0.5) is 5.69 Å². The van der Waals surface area contributed by atoms with E-state index in [1.807, 2.05) is 12.1 Å². The van der Waals surface area contributed by atoms with E-state index in [1.54, 1.807) is 0 Å². The van der Waals surface area contributed by atoms with Crippen LogP contribution in [0.15, 0.2) is 48.5 Å². The van der Waals surface area contributed by atoms with Crippen molar-refractivity contribution in [3.8, 4) is 0 Å². The fraction of sp³-hybridized carbons (Fsp3) is 0.333. The Hall–Kier alpha value is -1.84. The van der Waals surface area contributed by atoms with Crippen molar-refractivity contribution in [1.82, 2.24) is 4.90 Å². The summed E-state index contributed by atoms with van der Waals surface area (Å²) in [5.74, 6) is 0.329. The van der Waals surface area contributed by atoms with Gasteiger partial charge in [0, 0.05) is 37.3 Å². The third-order valence-corrected chi connectivity index (χ3v) is 4.42. The SMILES string of the molecule is Cc1cccc(N)c1C1CN(Cc2ccccc2)CC1N. The lowest BCUT2D eigenvalue weighted by atomic mass is 9.90. The Morgan fingerprint density at radius 2 is 1.81 bits per heavy atom. The van der Waals surface area contributed by atoms with Gasteiger partial charge in [0.25, 0.3) is 0 Å². The number of rotatable bonds is 3. The molecular formula is C18H23N3. The van der Waals surface area contributed by atoms with Crippen molar-refractivity contribution in [2.24, 2.45) is 5.73 Å². The molecule has 21 heavy (non-hydrogen) atoms. The van der Waals surface area contributed by atoms with E-state index < -0.39 is 0 Å². The number of nitrogen functional groups attached to an aromatic ring is 1. The third-order valence-electron chi connectivity index (χ3n) is 4.42. The van der Waals surface area contributed by atoms with E-state index in [4.69, 9.17) is 11.5 Å². The molecule has 2 aromatic carbocycles. The molecule has 0 bridgehead atoms. The van der Waals surface area contributed by atoms with Gasteiger partial charge in [-0.3, -0.25) is 4.90 Å². The first-order chi connectivity index (χ1) is 10.1. The molecule has 3 nitrogen and oxygen atoms in total. The lowest BCUT2D eigenvalue weighted by molar-refractivity contribution is 0.324. The normalized spacial score (nSPS) is 22.6. The number of likely N-dealkylation sites (tertiary alicyclic amines) is 1. The molecule has 0 spiro atoms. The molecule has 0 amide bonds. The Labute approximate surface area is 126 Å². The summed E-state index contributed by atoms with van der Waals surface area (Å²) >= 11 is 0. The molecule has 0 saturated carbocycles. The van der Waals surface area contributed by atoms with E-state index in [0.717, 1.165) is 25.3 Å². The molecule has 110 valence electrons. The number of benzene rings is 2. The number of hydrogen-bond acceptors (Lipinski definition) is 3. The van der Waals surface area contributed by atoms with E-state index in [1.165, 1.54) is 16.7 Å². The molecule has 3 rings (SSSR count). The van der Waals surface area contributed by atoms with Crippen LogP contribution in [0.2, 0.25) is 0 Å². The Kier molecular flexibility index (Phi) is 3.95. The maximum atomic E-state index is 6.40. The number of hydrogen-bond donors (Lipinski definition) is 2. The van der Waals surface area contributed by atoms with Gasteiger partial charge < -0.3 is 11.5 Å². The highest BCUT2D eigenvalue weighted by molar-refractivity contribution is 5.53. The summed E-state index contributed by atoms with van der Waals surface area (Å²) in [5.41, 5.74) is 17.3. The predicted molar refractivity (Wildman–Crippen MR) is 88.0 cm³/mol. The maximum absolute atomic E-state index is 6.40. The Morgan fingerprint density at radius 3 is 2.52 bits per heavy atom. The van der Waals surface area contributed by atoms with Gasteiger partial charge in [-0.05, 0) is 29.7 Å². The molecule has 1 aliphatic heterocycles. The minimum Gasteiger partial charge on any atom is -0.398 e. The minimum absolute atomic E-state index is 0.150. The maximum Gasteiger partial charge on any atom is 0.0353 e. The summed E-state index contributed by atoms with van der Waals surface area (Å²) in [7, 11) is 0. The van der Waals surface area contributed by atoms with Crippen LogP contribution in [-0.4, -0.2) is 24.0 Å². The van der Waals surface area contributed by atoms with Crippen LogP contribution in [0.1, 0.15) is 22.6 Å². The van der Waals surface area contributed by atoms with Gasteiger partial charge in [-0.25, -0.2) is 0 Å². The molecule has 1 aliphatic rings. The van der Waals surface area contributed by atoms with Crippen molar-refractivity contribution in [2.75, 3.05) is 18.8 Å². The summed E-state index contributed by atoms with van der Waals surface area (Å²) in [6.07, 6.45) is 0. The molecule has 2 atom stereocenters. The smallest absolute Gasteiger partial charge is 0.0353 e. The highest BCUT2D eigenvalue weighted by atomic mass is 15.2. The van der Waals surface area contributed by atoms with Crippen LogP contribution in [0.3, 0.4) is 0 Å². The van der Waals surface area contributed by atoms with Crippen LogP contribution < -0.4 is 11.5 Å². The van der Waals surface area contributed by atoms with E-state index in [2.05, 4.69) is 48.2 Å². The molecule has 0 radical (unpaired) electrons. The number of aryl methyl sites for hydroxylation is 1. The van der Waals surface area contributed by atoms with Gasteiger partial charge in [0.1, 0.15) is 0 Å². The zero-order chi connectivity index (χ0) is 14.8. The minimum atomic E-state index is 0.150. The first-order valence-electron chi connectivity index (χ1n) is 7.52. The van der Waals surface area contributed by atoms with Crippen LogP contribution >= 0.6 is 0 Å². The van der Waals surface area contributed by atoms with Gasteiger partial charge in [0.15, 0.2) is 0 Å². The van der Waals surface area contributed by atoms with E-state index in [0.29, 0.717) is 5.92 Å². The molecule has 3 heteroatoms. The van der Waals surface area contributed by atoms with Gasteiger partial charge in [-0.1, -0.05) is 42.5 Å². The first kappa shape index (κ1) is 14.1. The second kappa shape index (κ2) is 5.88. The number of nitrogens with zero attached hydrogens (tertiary/aromatic N) is 1. The van der Waals surface area contributed by atoms with Gasteiger partial charge >= 0.3 is 0 Å². The third kappa shape index (κ3) is 2.94. The van der Waals surface area contributed by atoms with Crippen molar-refractivity contribution in [3.63, 3.8) is 0 Å². The fourth-order valence-electron chi connectivity index (χ4n) is 3.40. The Bertz CT molecular complexity index is 589. The summed E-state index contributed by atoms with van der Waals surface area (Å²) in [6.45, 7) is 4.98. The monoisotopic (exact) mass is 281 g/mol. The lowest BCUT2D eigenvalue weighted by Gasteiger charge is -2.20. The van der Waals surface area contributed by atoms with Gasteiger partial charge in [-0.2, -0.15) is 0 Å². The summed E-state index contributed by atoms with van der Waals surface area (Å²) in [5, 5.41) is 0. The van der Waals surface area contributed by atoms with Crippen molar-refractivity contribution < 1.29 is 0 Å². The van der Waals surface area contributed by atoms with Crippen molar-refractivity contribution in [3.05, 3.63) is 65.2 Å². The second-order valence-corrected chi connectivity index (χ2v) is 6.03. The van der Waals surface area contributed by atoms with Gasteiger partial charge in [0.05, 0.1) is 0 Å².